The zero-order valence-electron chi connectivity index (χ0n) is 15.4. The average Bonchev–Trinajstić information content (AvgIpc) is 3.08. The molecule has 0 unspecified atom stereocenters. The van der Waals surface area contributed by atoms with E-state index in [9.17, 15) is 0 Å². The fourth-order valence-corrected chi connectivity index (χ4v) is 4.42. The van der Waals surface area contributed by atoms with Gasteiger partial charge in [0.1, 0.15) is 3.70 Å². The second-order valence-corrected chi connectivity index (χ2v) is 7.92. The average molecular weight is 475 g/mol. The number of aryl methyl sites for hydroxylation is 1. The Morgan fingerprint density at radius 2 is 1.39 bits per heavy atom. The van der Waals surface area contributed by atoms with E-state index in [0.717, 1.165) is 37.5 Å². The number of nitrogens with one attached hydrogen (secondary N) is 1. The number of anilines is 3. The number of benzene rings is 3. The summed E-state index contributed by atoms with van der Waals surface area (Å²) in [6.45, 7) is 2.06. The molecule has 3 aromatic carbocycles. The molecule has 0 radical (unpaired) electrons. The summed E-state index contributed by atoms with van der Waals surface area (Å²) in [6, 6.07) is 29.7. The third kappa shape index (κ3) is 2.94. The van der Waals surface area contributed by atoms with Crippen LogP contribution in [0.1, 0.15) is 5.69 Å². The molecule has 0 spiro atoms. The molecule has 2 aromatic heterocycles. The molecule has 0 aliphatic rings. The number of nitrogens with zero attached hydrogens (tertiary/aromatic N) is 2. The Bertz CT molecular complexity index is 1240. The molecule has 2 heterocycles. The number of pyridine rings is 1. The fraction of sp³-hybridized carbons (Fsp3) is 0.0417. The van der Waals surface area contributed by atoms with Gasteiger partial charge in [0, 0.05) is 33.4 Å². The Labute approximate surface area is 177 Å². The van der Waals surface area contributed by atoms with E-state index >= 15 is 0 Å². The molecule has 0 atom stereocenters. The second kappa shape index (κ2) is 6.95. The lowest BCUT2D eigenvalue weighted by Gasteiger charge is -2.25. The lowest BCUT2D eigenvalue weighted by atomic mass is 10.1. The van der Waals surface area contributed by atoms with Crippen molar-refractivity contribution >= 4 is 61.5 Å². The first-order valence-corrected chi connectivity index (χ1v) is 10.3. The maximum Gasteiger partial charge on any atom is 0.102 e. The molecule has 0 bridgehead atoms. The van der Waals surface area contributed by atoms with Crippen molar-refractivity contribution in [3.8, 4) is 0 Å². The molecule has 0 aliphatic heterocycles. The number of rotatable bonds is 3. The van der Waals surface area contributed by atoms with Crippen LogP contribution < -0.4 is 4.90 Å². The monoisotopic (exact) mass is 475 g/mol. The van der Waals surface area contributed by atoms with Crippen LogP contribution in [0, 0.1) is 10.6 Å². The predicted octanol–water partition coefficient (Wildman–Crippen LogP) is 7.10. The van der Waals surface area contributed by atoms with Gasteiger partial charge in [0.2, 0.25) is 0 Å². The highest BCUT2D eigenvalue weighted by molar-refractivity contribution is 14.1. The van der Waals surface area contributed by atoms with Gasteiger partial charge in [-0.1, -0.05) is 36.4 Å². The Morgan fingerprint density at radius 1 is 0.750 bits per heavy atom. The smallest absolute Gasteiger partial charge is 0.102 e. The Morgan fingerprint density at radius 3 is 2.04 bits per heavy atom. The van der Waals surface area contributed by atoms with E-state index in [-0.39, 0.29) is 0 Å². The highest BCUT2D eigenvalue weighted by Crippen LogP contribution is 2.37. The highest BCUT2D eigenvalue weighted by Gasteiger charge is 2.15. The Hall–Kier alpha value is -2.86. The number of fused-ring (bicyclic) bond motifs is 3. The number of aromatic amines is 1. The van der Waals surface area contributed by atoms with Crippen molar-refractivity contribution in [1.29, 1.82) is 0 Å². The standard InChI is InChI=1S/C24H18IN3/c1-16-24-21(15-23(25)26-16)20-14-19(12-13-22(20)27-24)28(17-8-4-2-5-9-17)18-10-6-3-7-11-18/h2-15,27H,1H3. The van der Waals surface area contributed by atoms with Crippen molar-refractivity contribution in [3.05, 3.63) is 94.3 Å². The van der Waals surface area contributed by atoms with Gasteiger partial charge in [0.05, 0.1) is 11.2 Å². The summed E-state index contributed by atoms with van der Waals surface area (Å²) < 4.78 is 1.01. The fourth-order valence-electron chi connectivity index (χ4n) is 3.74. The van der Waals surface area contributed by atoms with Crippen LogP contribution in [-0.4, -0.2) is 9.97 Å². The molecule has 0 amide bonds. The molecule has 28 heavy (non-hydrogen) atoms. The largest absolute Gasteiger partial charge is 0.353 e. The topological polar surface area (TPSA) is 31.9 Å². The number of aromatic nitrogens is 2. The predicted molar refractivity (Wildman–Crippen MR) is 126 cm³/mol. The van der Waals surface area contributed by atoms with E-state index in [1.807, 2.05) is 12.1 Å². The van der Waals surface area contributed by atoms with Crippen molar-refractivity contribution in [2.24, 2.45) is 0 Å². The second-order valence-electron chi connectivity index (χ2n) is 6.81. The van der Waals surface area contributed by atoms with Crippen LogP contribution in [-0.2, 0) is 0 Å². The summed E-state index contributed by atoms with van der Waals surface area (Å²) in [7, 11) is 0. The maximum atomic E-state index is 4.59. The zero-order valence-corrected chi connectivity index (χ0v) is 17.5. The highest BCUT2D eigenvalue weighted by atomic mass is 127. The van der Waals surface area contributed by atoms with E-state index in [2.05, 4.69) is 117 Å². The summed E-state index contributed by atoms with van der Waals surface area (Å²) in [4.78, 5) is 10.4. The Balaban J connectivity index is 1.76. The molecular weight excluding hydrogens is 457 g/mol. The van der Waals surface area contributed by atoms with Gasteiger partial charge in [-0.05, 0) is 78.0 Å². The van der Waals surface area contributed by atoms with Gasteiger partial charge in [-0.3, -0.25) is 0 Å². The molecule has 4 heteroatoms. The summed E-state index contributed by atoms with van der Waals surface area (Å²) in [5.41, 5.74) is 6.68. The van der Waals surface area contributed by atoms with Gasteiger partial charge >= 0.3 is 0 Å². The number of halogens is 1. The van der Waals surface area contributed by atoms with Gasteiger partial charge in [-0.15, -0.1) is 0 Å². The van der Waals surface area contributed by atoms with Crippen LogP contribution in [0.4, 0.5) is 17.1 Å². The van der Waals surface area contributed by atoms with E-state index in [0.29, 0.717) is 0 Å². The molecule has 0 saturated heterocycles. The summed E-state index contributed by atoms with van der Waals surface area (Å²) in [6.07, 6.45) is 0. The van der Waals surface area contributed by atoms with Crippen LogP contribution in [0.15, 0.2) is 84.9 Å². The number of hydrogen-bond acceptors (Lipinski definition) is 2. The lowest BCUT2D eigenvalue weighted by molar-refractivity contribution is 1.19. The molecule has 0 fully saturated rings. The van der Waals surface area contributed by atoms with Gasteiger partial charge in [-0.2, -0.15) is 0 Å². The van der Waals surface area contributed by atoms with Crippen LogP contribution in [0.2, 0.25) is 0 Å². The van der Waals surface area contributed by atoms with Gasteiger partial charge in [0.15, 0.2) is 0 Å². The molecule has 0 saturated carbocycles. The van der Waals surface area contributed by atoms with Crippen LogP contribution in [0.25, 0.3) is 21.8 Å². The number of para-hydroxylation sites is 2. The van der Waals surface area contributed by atoms with Crippen molar-refractivity contribution in [2.75, 3.05) is 4.90 Å². The first-order valence-electron chi connectivity index (χ1n) is 9.19. The van der Waals surface area contributed by atoms with Crippen molar-refractivity contribution < 1.29 is 0 Å². The molecule has 3 nitrogen and oxygen atoms in total. The van der Waals surface area contributed by atoms with Crippen molar-refractivity contribution in [3.63, 3.8) is 0 Å². The van der Waals surface area contributed by atoms with Crippen LogP contribution in [0.5, 0.6) is 0 Å². The van der Waals surface area contributed by atoms with E-state index < -0.39 is 0 Å². The number of hydrogen-bond donors (Lipinski definition) is 1. The van der Waals surface area contributed by atoms with Crippen LogP contribution >= 0.6 is 22.6 Å². The zero-order chi connectivity index (χ0) is 19.1. The minimum absolute atomic E-state index is 1.01. The molecule has 0 aliphatic carbocycles. The molecular formula is C24H18IN3. The third-order valence-electron chi connectivity index (χ3n) is 5.01. The minimum atomic E-state index is 1.01. The lowest BCUT2D eigenvalue weighted by Crippen LogP contribution is -2.09. The quantitative estimate of drug-likeness (QED) is 0.223. The first kappa shape index (κ1) is 17.3. The normalized spacial score (nSPS) is 11.2. The SMILES string of the molecule is Cc1nc(I)cc2c1[nH]c1ccc(N(c3ccccc3)c3ccccc3)cc12. The molecule has 1 N–H and O–H groups in total. The van der Waals surface area contributed by atoms with Crippen molar-refractivity contribution in [1.82, 2.24) is 9.97 Å². The van der Waals surface area contributed by atoms with Crippen LogP contribution in [0.3, 0.4) is 0 Å². The molecule has 5 rings (SSSR count). The van der Waals surface area contributed by atoms with Gasteiger partial charge in [-0.25, -0.2) is 4.98 Å². The van der Waals surface area contributed by atoms with Crippen molar-refractivity contribution in [2.45, 2.75) is 6.92 Å². The summed E-state index contributed by atoms with van der Waals surface area (Å²) in [5, 5.41) is 2.43. The summed E-state index contributed by atoms with van der Waals surface area (Å²) in [5.74, 6) is 0. The third-order valence-corrected chi connectivity index (χ3v) is 5.56. The minimum Gasteiger partial charge on any atom is -0.353 e. The van der Waals surface area contributed by atoms with Gasteiger partial charge < -0.3 is 9.88 Å². The Kier molecular flexibility index (Phi) is 4.28. The van der Waals surface area contributed by atoms with E-state index in [4.69, 9.17) is 0 Å². The number of H-pyrrole nitrogens is 1. The first-order chi connectivity index (χ1) is 13.7. The van der Waals surface area contributed by atoms with Gasteiger partial charge in [0.25, 0.3) is 0 Å². The molecule has 136 valence electrons. The maximum absolute atomic E-state index is 4.59. The van der Waals surface area contributed by atoms with E-state index in [1.54, 1.807) is 0 Å². The molecule has 5 aromatic rings. The van der Waals surface area contributed by atoms with E-state index in [1.165, 1.54) is 10.8 Å². The summed E-state index contributed by atoms with van der Waals surface area (Å²) >= 11 is 2.29.